The van der Waals surface area contributed by atoms with E-state index in [0.29, 0.717) is 25.8 Å². The van der Waals surface area contributed by atoms with Gasteiger partial charge in [-0.15, -0.1) is 0 Å². The molecule has 6 N–H and O–H groups in total. The van der Waals surface area contributed by atoms with Gasteiger partial charge in [-0.05, 0) is 38.6 Å². The predicted octanol–water partition coefficient (Wildman–Crippen LogP) is -2.02. The van der Waals surface area contributed by atoms with Crippen molar-refractivity contribution in [2.24, 2.45) is 5.73 Å². The first kappa shape index (κ1) is 23.9. The van der Waals surface area contributed by atoms with Gasteiger partial charge in [0.25, 0.3) is 0 Å². The first-order chi connectivity index (χ1) is 14.2. The van der Waals surface area contributed by atoms with E-state index < -0.39 is 47.9 Å². The van der Waals surface area contributed by atoms with Crippen LogP contribution in [0.5, 0.6) is 0 Å². The van der Waals surface area contributed by atoms with E-state index >= 15 is 0 Å². The minimum absolute atomic E-state index is 0.0193. The number of amides is 4. The summed E-state index contributed by atoms with van der Waals surface area (Å²) in [6.07, 6.45) is 2.24. The second kappa shape index (κ2) is 11.2. The maximum absolute atomic E-state index is 12.8. The summed E-state index contributed by atoms with van der Waals surface area (Å²) in [7, 11) is 0. The summed E-state index contributed by atoms with van der Waals surface area (Å²) in [6, 6.07) is -3.47. The SMILES string of the molecule is NC(=O)CCC(NC(=O)C1CCCN1)C(=O)NC(CS)C(=O)N1CCCC1C(=O)O. The highest BCUT2D eigenvalue weighted by molar-refractivity contribution is 7.80. The van der Waals surface area contributed by atoms with Crippen molar-refractivity contribution in [2.45, 2.75) is 62.7 Å². The van der Waals surface area contributed by atoms with Crippen LogP contribution < -0.4 is 21.7 Å². The Balaban J connectivity index is 2.04. The Bertz CT molecular complexity index is 684. The predicted molar refractivity (Wildman–Crippen MR) is 110 cm³/mol. The molecule has 4 atom stereocenters. The van der Waals surface area contributed by atoms with E-state index in [1.807, 2.05) is 0 Å². The molecule has 2 aliphatic heterocycles. The molecule has 2 aliphatic rings. The van der Waals surface area contributed by atoms with Gasteiger partial charge in [-0.25, -0.2) is 4.79 Å². The summed E-state index contributed by atoms with van der Waals surface area (Å²) in [5.41, 5.74) is 5.17. The number of likely N-dealkylation sites (tertiary alicyclic amines) is 1. The molecule has 2 rings (SSSR count). The van der Waals surface area contributed by atoms with E-state index in [1.54, 1.807) is 0 Å². The lowest BCUT2D eigenvalue weighted by Crippen LogP contribution is -2.57. The third-order valence-electron chi connectivity index (χ3n) is 5.31. The van der Waals surface area contributed by atoms with Gasteiger partial charge in [0, 0.05) is 18.7 Å². The molecule has 0 aromatic heterocycles. The Labute approximate surface area is 179 Å². The van der Waals surface area contributed by atoms with Crippen molar-refractivity contribution in [2.75, 3.05) is 18.8 Å². The van der Waals surface area contributed by atoms with E-state index in [0.717, 1.165) is 6.42 Å². The van der Waals surface area contributed by atoms with Crippen molar-refractivity contribution in [1.82, 2.24) is 20.9 Å². The van der Waals surface area contributed by atoms with Crippen LogP contribution in [0.3, 0.4) is 0 Å². The van der Waals surface area contributed by atoms with Crippen LogP contribution in [0.15, 0.2) is 0 Å². The number of nitrogens with zero attached hydrogens (tertiary/aromatic N) is 1. The number of carboxylic acids is 1. The molecule has 12 heteroatoms. The molecule has 0 radical (unpaired) electrons. The molecule has 11 nitrogen and oxygen atoms in total. The fourth-order valence-electron chi connectivity index (χ4n) is 3.68. The third kappa shape index (κ3) is 6.33. The van der Waals surface area contributed by atoms with E-state index in [2.05, 4.69) is 28.6 Å². The Morgan fingerprint density at radius 1 is 1.13 bits per heavy atom. The molecule has 0 aliphatic carbocycles. The van der Waals surface area contributed by atoms with Crippen molar-refractivity contribution >= 4 is 42.2 Å². The quantitative estimate of drug-likeness (QED) is 0.212. The molecule has 4 unspecified atom stereocenters. The van der Waals surface area contributed by atoms with Crippen molar-refractivity contribution < 1.29 is 29.1 Å². The summed E-state index contributed by atoms with van der Waals surface area (Å²) in [5.74, 6) is -3.32. The van der Waals surface area contributed by atoms with Gasteiger partial charge >= 0.3 is 5.97 Å². The van der Waals surface area contributed by atoms with Gasteiger partial charge in [0.2, 0.25) is 23.6 Å². The molecule has 2 saturated heterocycles. The summed E-state index contributed by atoms with van der Waals surface area (Å²) < 4.78 is 0. The minimum Gasteiger partial charge on any atom is -0.480 e. The molecule has 0 saturated carbocycles. The first-order valence-corrected chi connectivity index (χ1v) is 10.6. The van der Waals surface area contributed by atoms with Gasteiger partial charge in [0.15, 0.2) is 0 Å². The van der Waals surface area contributed by atoms with Crippen molar-refractivity contribution in [3.8, 4) is 0 Å². The van der Waals surface area contributed by atoms with Gasteiger partial charge in [0.05, 0.1) is 6.04 Å². The van der Waals surface area contributed by atoms with E-state index in [1.165, 1.54) is 4.90 Å². The molecular formula is C18H29N5O6S. The number of aliphatic carboxylic acids is 1. The van der Waals surface area contributed by atoms with Gasteiger partial charge in [-0.1, -0.05) is 0 Å². The standard InChI is InChI=1S/C18H29N5O6S/c19-14(24)6-5-11(21-15(25)10-3-1-7-20-10)16(26)22-12(9-30)17(27)23-8-2-4-13(23)18(28)29/h10-13,20,30H,1-9H2,(H2,19,24)(H,21,25)(H,22,26)(H,28,29). The molecule has 4 amide bonds. The molecule has 2 fully saturated rings. The van der Waals surface area contributed by atoms with Crippen LogP contribution in [0.2, 0.25) is 0 Å². The fourth-order valence-corrected chi connectivity index (χ4v) is 3.93. The number of primary amides is 1. The molecule has 0 aromatic carbocycles. The summed E-state index contributed by atoms with van der Waals surface area (Å²) in [5, 5.41) is 17.5. The first-order valence-electron chi connectivity index (χ1n) is 10.0. The number of nitrogens with two attached hydrogens (primary N) is 1. The van der Waals surface area contributed by atoms with Crippen LogP contribution in [-0.4, -0.2) is 82.6 Å². The summed E-state index contributed by atoms with van der Waals surface area (Å²) in [6.45, 7) is 0.984. The van der Waals surface area contributed by atoms with Crippen LogP contribution in [-0.2, 0) is 24.0 Å². The number of rotatable bonds is 10. The normalized spacial score (nSPS) is 22.9. The second-order valence-electron chi connectivity index (χ2n) is 7.49. The Hall–Kier alpha value is -2.34. The minimum atomic E-state index is -1.10. The average Bonchev–Trinajstić information content (AvgIpc) is 3.40. The lowest BCUT2D eigenvalue weighted by Gasteiger charge is -2.28. The molecule has 0 bridgehead atoms. The molecule has 0 spiro atoms. The molecule has 2 heterocycles. The van der Waals surface area contributed by atoms with Gasteiger partial charge in [0.1, 0.15) is 18.1 Å². The zero-order chi connectivity index (χ0) is 22.3. The summed E-state index contributed by atoms with van der Waals surface area (Å²) in [4.78, 5) is 61.7. The lowest BCUT2D eigenvalue weighted by atomic mass is 10.1. The van der Waals surface area contributed by atoms with Crippen LogP contribution >= 0.6 is 12.6 Å². The van der Waals surface area contributed by atoms with Crippen LogP contribution in [0.25, 0.3) is 0 Å². The van der Waals surface area contributed by atoms with Crippen molar-refractivity contribution in [3.63, 3.8) is 0 Å². The zero-order valence-electron chi connectivity index (χ0n) is 16.6. The number of hydrogen-bond donors (Lipinski definition) is 6. The van der Waals surface area contributed by atoms with Crippen LogP contribution in [0.4, 0.5) is 0 Å². The molecule has 30 heavy (non-hydrogen) atoms. The number of carbonyl (C=O) groups excluding carboxylic acids is 4. The number of carboxylic acid groups (broad SMARTS) is 1. The lowest BCUT2D eigenvalue weighted by molar-refractivity contribution is -0.149. The second-order valence-corrected chi connectivity index (χ2v) is 7.85. The topological polar surface area (TPSA) is 171 Å². The number of hydrogen-bond acceptors (Lipinski definition) is 7. The molecular weight excluding hydrogens is 414 g/mol. The Kier molecular flexibility index (Phi) is 8.90. The monoisotopic (exact) mass is 443 g/mol. The Morgan fingerprint density at radius 2 is 1.87 bits per heavy atom. The number of carbonyl (C=O) groups is 5. The van der Waals surface area contributed by atoms with Crippen LogP contribution in [0.1, 0.15) is 38.5 Å². The highest BCUT2D eigenvalue weighted by Gasteiger charge is 2.38. The van der Waals surface area contributed by atoms with E-state index in [9.17, 15) is 29.1 Å². The summed E-state index contributed by atoms with van der Waals surface area (Å²) >= 11 is 4.12. The van der Waals surface area contributed by atoms with Crippen molar-refractivity contribution in [3.05, 3.63) is 0 Å². The molecule has 0 aromatic rings. The Morgan fingerprint density at radius 3 is 2.43 bits per heavy atom. The van der Waals surface area contributed by atoms with Gasteiger partial charge < -0.3 is 31.7 Å². The average molecular weight is 444 g/mol. The van der Waals surface area contributed by atoms with E-state index in [4.69, 9.17) is 5.73 Å². The third-order valence-corrected chi connectivity index (χ3v) is 5.67. The highest BCUT2D eigenvalue weighted by atomic mass is 32.1. The smallest absolute Gasteiger partial charge is 0.326 e. The number of nitrogens with one attached hydrogen (secondary N) is 3. The van der Waals surface area contributed by atoms with Crippen molar-refractivity contribution in [1.29, 1.82) is 0 Å². The zero-order valence-corrected chi connectivity index (χ0v) is 17.5. The highest BCUT2D eigenvalue weighted by Crippen LogP contribution is 2.19. The maximum atomic E-state index is 12.8. The van der Waals surface area contributed by atoms with Gasteiger partial charge in [-0.2, -0.15) is 12.6 Å². The largest absolute Gasteiger partial charge is 0.480 e. The fraction of sp³-hybridized carbons (Fsp3) is 0.722. The van der Waals surface area contributed by atoms with Gasteiger partial charge in [-0.3, -0.25) is 19.2 Å². The number of thiol groups is 1. The van der Waals surface area contributed by atoms with E-state index in [-0.39, 0.29) is 31.0 Å². The molecule has 168 valence electrons. The maximum Gasteiger partial charge on any atom is 0.326 e. The van der Waals surface area contributed by atoms with Crippen LogP contribution in [0, 0.1) is 0 Å².